The highest BCUT2D eigenvalue weighted by Gasteiger charge is 2.27. The van der Waals surface area contributed by atoms with Gasteiger partial charge in [-0.1, -0.05) is 64.1 Å². The summed E-state index contributed by atoms with van der Waals surface area (Å²) in [5.74, 6) is 0.503. The van der Waals surface area contributed by atoms with Crippen LogP contribution in [0.4, 0.5) is 0 Å². The topological polar surface area (TPSA) is 19.1 Å². The van der Waals surface area contributed by atoms with Gasteiger partial charge in [-0.2, -0.15) is 0 Å². The maximum atomic E-state index is 5.43. The zero-order valence-corrected chi connectivity index (χ0v) is 19.9. The molecule has 2 heterocycles. The van der Waals surface area contributed by atoms with Gasteiger partial charge in [-0.05, 0) is 47.9 Å². The van der Waals surface area contributed by atoms with Gasteiger partial charge in [-0.3, -0.25) is 0 Å². The van der Waals surface area contributed by atoms with Gasteiger partial charge in [0, 0.05) is 53.9 Å². The van der Waals surface area contributed by atoms with Gasteiger partial charge in [-0.25, -0.2) is 0 Å². The Morgan fingerprint density at radius 3 is 2.35 bits per heavy atom. The lowest BCUT2D eigenvalue weighted by Crippen LogP contribution is -2.24. The quantitative estimate of drug-likeness (QED) is 0.309. The monoisotopic (exact) mass is 416 g/mol. The number of hydrogen-bond acceptors (Lipinski definition) is 1. The molecule has 3 heteroatoms. The molecule has 0 aliphatic carbocycles. The molecule has 0 saturated carbocycles. The SMILES string of the molecule is COCCn1c(C(C)(C)CCc2c(C(C)C)n(C)c3ccccc23)cc2ccccc21. The van der Waals surface area contributed by atoms with Crippen LogP contribution in [-0.2, 0) is 30.2 Å². The number of methoxy groups -OCH3 is 1. The summed E-state index contributed by atoms with van der Waals surface area (Å²) in [5, 5.41) is 2.72. The predicted molar refractivity (Wildman–Crippen MR) is 132 cm³/mol. The predicted octanol–water partition coefficient (Wildman–Crippen LogP) is 6.81. The molecule has 0 saturated heterocycles. The summed E-state index contributed by atoms with van der Waals surface area (Å²) < 4.78 is 10.3. The number of aryl methyl sites for hydroxylation is 2. The number of hydrogen-bond donors (Lipinski definition) is 0. The summed E-state index contributed by atoms with van der Waals surface area (Å²) in [6, 6.07) is 20.0. The van der Waals surface area contributed by atoms with E-state index >= 15 is 0 Å². The molecule has 0 unspecified atom stereocenters. The van der Waals surface area contributed by atoms with E-state index in [1.807, 2.05) is 0 Å². The van der Waals surface area contributed by atoms with Crippen LogP contribution >= 0.6 is 0 Å². The Labute approximate surface area is 186 Å². The van der Waals surface area contributed by atoms with Gasteiger partial charge < -0.3 is 13.9 Å². The van der Waals surface area contributed by atoms with Crippen molar-refractivity contribution >= 4 is 21.8 Å². The van der Waals surface area contributed by atoms with Crippen molar-refractivity contribution in [1.82, 2.24) is 9.13 Å². The highest BCUT2D eigenvalue weighted by Crippen LogP contribution is 2.37. The molecular formula is C28H36N2O. The Balaban J connectivity index is 1.72. The highest BCUT2D eigenvalue weighted by atomic mass is 16.5. The Morgan fingerprint density at radius 1 is 0.968 bits per heavy atom. The molecule has 2 aromatic heterocycles. The molecule has 31 heavy (non-hydrogen) atoms. The van der Waals surface area contributed by atoms with E-state index < -0.39 is 0 Å². The number of rotatable bonds is 8. The molecule has 2 aromatic carbocycles. The van der Waals surface area contributed by atoms with Crippen LogP contribution in [0.1, 0.15) is 57.0 Å². The van der Waals surface area contributed by atoms with Crippen molar-refractivity contribution in [1.29, 1.82) is 0 Å². The first-order chi connectivity index (χ1) is 14.8. The van der Waals surface area contributed by atoms with Crippen molar-refractivity contribution < 1.29 is 4.74 Å². The van der Waals surface area contributed by atoms with Gasteiger partial charge in [0.2, 0.25) is 0 Å². The largest absolute Gasteiger partial charge is 0.383 e. The molecule has 0 radical (unpaired) electrons. The minimum atomic E-state index is 0.0535. The zero-order chi connectivity index (χ0) is 22.2. The third-order valence-electron chi connectivity index (χ3n) is 6.83. The average Bonchev–Trinajstić information content (AvgIpc) is 3.27. The number of para-hydroxylation sites is 2. The van der Waals surface area contributed by atoms with Gasteiger partial charge in [-0.15, -0.1) is 0 Å². The van der Waals surface area contributed by atoms with Crippen LogP contribution in [0.15, 0.2) is 54.6 Å². The van der Waals surface area contributed by atoms with Crippen LogP contribution in [0.3, 0.4) is 0 Å². The van der Waals surface area contributed by atoms with Gasteiger partial charge in [0.15, 0.2) is 0 Å². The van der Waals surface area contributed by atoms with Crippen molar-refractivity contribution in [2.24, 2.45) is 7.05 Å². The molecule has 164 valence electrons. The van der Waals surface area contributed by atoms with Gasteiger partial charge in [0.05, 0.1) is 6.61 Å². The Kier molecular flexibility index (Phi) is 5.98. The molecule has 0 aliphatic rings. The normalized spacial score (nSPS) is 12.5. The van der Waals surface area contributed by atoms with Crippen LogP contribution < -0.4 is 0 Å². The molecule has 4 rings (SSSR count). The molecular weight excluding hydrogens is 380 g/mol. The van der Waals surface area contributed by atoms with E-state index in [4.69, 9.17) is 4.74 Å². The fourth-order valence-corrected chi connectivity index (χ4v) is 5.25. The lowest BCUT2D eigenvalue weighted by molar-refractivity contribution is 0.186. The van der Waals surface area contributed by atoms with Gasteiger partial charge >= 0.3 is 0 Å². The molecule has 3 nitrogen and oxygen atoms in total. The summed E-state index contributed by atoms with van der Waals surface area (Å²) >= 11 is 0. The van der Waals surface area contributed by atoms with Crippen LogP contribution in [0, 0.1) is 0 Å². The van der Waals surface area contributed by atoms with E-state index in [1.54, 1.807) is 7.11 Å². The molecule has 0 aliphatic heterocycles. The summed E-state index contributed by atoms with van der Waals surface area (Å²) in [6.07, 6.45) is 2.18. The second kappa shape index (κ2) is 8.55. The van der Waals surface area contributed by atoms with Crippen molar-refractivity contribution in [2.45, 2.75) is 58.4 Å². The molecule has 0 bridgehead atoms. The highest BCUT2D eigenvalue weighted by molar-refractivity contribution is 5.86. The van der Waals surface area contributed by atoms with Crippen LogP contribution in [-0.4, -0.2) is 22.9 Å². The van der Waals surface area contributed by atoms with Gasteiger partial charge in [0.1, 0.15) is 0 Å². The molecule has 0 atom stereocenters. The van der Waals surface area contributed by atoms with Crippen LogP contribution in [0.2, 0.25) is 0 Å². The minimum absolute atomic E-state index is 0.0535. The molecule has 0 amide bonds. The maximum absolute atomic E-state index is 5.43. The first-order valence-electron chi connectivity index (χ1n) is 11.5. The number of ether oxygens (including phenoxy) is 1. The lowest BCUT2D eigenvalue weighted by atomic mass is 9.82. The summed E-state index contributed by atoms with van der Waals surface area (Å²) in [4.78, 5) is 0. The second-order valence-electron chi connectivity index (χ2n) is 9.71. The fourth-order valence-electron chi connectivity index (χ4n) is 5.25. The Morgan fingerprint density at radius 2 is 1.65 bits per heavy atom. The Bertz CT molecular complexity index is 1190. The number of aromatic nitrogens is 2. The van der Waals surface area contributed by atoms with Crippen LogP contribution in [0.25, 0.3) is 21.8 Å². The number of nitrogens with zero attached hydrogens (tertiary/aromatic N) is 2. The second-order valence-corrected chi connectivity index (χ2v) is 9.71. The lowest BCUT2D eigenvalue weighted by Gasteiger charge is -2.27. The third-order valence-corrected chi connectivity index (χ3v) is 6.83. The fraction of sp³-hybridized carbons (Fsp3) is 0.429. The van der Waals surface area contributed by atoms with Crippen molar-refractivity contribution in [3.63, 3.8) is 0 Å². The minimum Gasteiger partial charge on any atom is -0.383 e. The van der Waals surface area contributed by atoms with Crippen LogP contribution in [0.5, 0.6) is 0 Å². The van der Waals surface area contributed by atoms with E-state index in [9.17, 15) is 0 Å². The number of benzene rings is 2. The summed E-state index contributed by atoms with van der Waals surface area (Å²) in [5.41, 5.74) is 7.08. The van der Waals surface area contributed by atoms with Crippen molar-refractivity contribution in [2.75, 3.05) is 13.7 Å². The maximum Gasteiger partial charge on any atom is 0.0642 e. The van der Waals surface area contributed by atoms with E-state index in [2.05, 4.69) is 98.5 Å². The van der Waals surface area contributed by atoms with E-state index in [0.29, 0.717) is 5.92 Å². The Hall–Kier alpha value is -2.52. The zero-order valence-electron chi connectivity index (χ0n) is 19.9. The standard InChI is InChI=1S/C28H36N2O/c1-20(2)27-23(22-12-8-10-14-25(22)29(27)5)15-16-28(3,4)26-19-21-11-7-9-13-24(21)30(26)17-18-31-6/h7-14,19-20H,15-18H2,1-6H3. The van der Waals surface area contributed by atoms with Crippen molar-refractivity contribution in [3.05, 3.63) is 71.5 Å². The number of fused-ring (bicyclic) bond motifs is 2. The van der Waals surface area contributed by atoms with E-state index in [1.165, 1.54) is 38.8 Å². The van der Waals surface area contributed by atoms with Gasteiger partial charge in [0.25, 0.3) is 0 Å². The summed E-state index contributed by atoms with van der Waals surface area (Å²) in [6.45, 7) is 11.0. The molecule has 0 fully saturated rings. The first-order valence-corrected chi connectivity index (χ1v) is 11.5. The molecule has 4 aromatic rings. The van der Waals surface area contributed by atoms with Crippen molar-refractivity contribution in [3.8, 4) is 0 Å². The van der Waals surface area contributed by atoms with E-state index in [0.717, 1.165) is 26.0 Å². The first kappa shape index (κ1) is 21.7. The molecule has 0 N–H and O–H groups in total. The smallest absolute Gasteiger partial charge is 0.0642 e. The third kappa shape index (κ3) is 3.92. The average molecular weight is 417 g/mol. The molecule has 0 spiro atoms. The summed E-state index contributed by atoms with van der Waals surface area (Å²) in [7, 11) is 4.00. The van der Waals surface area contributed by atoms with E-state index in [-0.39, 0.29) is 5.41 Å².